The molecule has 1 aromatic carbocycles. The van der Waals surface area contributed by atoms with E-state index in [1.165, 1.54) is 0 Å². The van der Waals surface area contributed by atoms with Gasteiger partial charge in [0.1, 0.15) is 11.4 Å². The number of phenols is 1. The zero-order valence-corrected chi connectivity index (χ0v) is 9.46. The number of aromatic nitrogens is 2. The number of pyridine rings is 1. The van der Waals surface area contributed by atoms with Gasteiger partial charge in [-0.1, -0.05) is 18.2 Å². The lowest BCUT2D eigenvalue weighted by atomic mass is 10.1. The molecular formula is C14H12N2O. The maximum absolute atomic E-state index is 9.86. The summed E-state index contributed by atoms with van der Waals surface area (Å²) in [5.74, 6) is 0.263. The fourth-order valence-corrected chi connectivity index (χ4v) is 2.05. The van der Waals surface area contributed by atoms with Crippen LogP contribution in [-0.2, 0) is 0 Å². The van der Waals surface area contributed by atoms with Gasteiger partial charge < -0.3 is 9.51 Å². The molecule has 0 fully saturated rings. The fraction of sp³-hybridized carbons (Fsp3) is 0.0714. The largest absolute Gasteiger partial charge is 0.507 e. The van der Waals surface area contributed by atoms with Crippen LogP contribution in [0.5, 0.6) is 5.75 Å². The molecule has 0 aliphatic carbocycles. The molecule has 0 bridgehead atoms. The molecule has 84 valence electrons. The Kier molecular flexibility index (Phi) is 2.11. The molecular weight excluding hydrogens is 212 g/mol. The van der Waals surface area contributed by atoms with Crippen LogP contribution in [0.15, 0.2) is 48.7 Å². The Balaban J connectivity index is 2.32. The molecule has 3 aromatic rings. The van der Waals surface area contributed by atoms with Gasteiger partial charge in [-0.3, -0.25) is 0 Å². The van der Waals surface area contributed by atoms with Crippen LogP contribution in [0.4, 0.5) is 0 Å². The van der Waals surface area contributed by atoms with Gasteiger partial charge in [-0.25, -0.2) is 4.98 Å². The van der Waals surface area contributed by atoms with Crippen LogP contribution >= 0.6 is 0 Å². The van der Waals surface area contributed by atoms with Crippen LogP contribution in [-0.4, -0.2) is 14.5 Å². The first kappa shape index (κ1) is 9.90. The van der Waals surface area contributed by atoms with Crippen molar-refractivity contribution < 1.29 is 5.11 Å². The van der Waals surface area contributed by atoms with Crippen LogP contribution < -0.4 is 0 Å². The van der Waals surface area contributed by atoms with E-state index in [4.69, 9.17) is 0 Å². The van der Waals surface area contributed by atoms with E-state index >= 15 is 0 Å². The highest BCUT2D eigenvalue weighted by Crippen LogP contribution is 2.30. The average Bonchev–Trinajstić information content (AvgIpc) is 2.68. The van der Waals surface area contributed by atoms with Crippen LogP contribution in [0.25, 0.3) is 16.9 Å². The van der Waals surface area contributed by atoms with Gasteiger partial charge in [0, 0.05) is 17.5 Å². The summed E-state index contributed by atoms with van der Waals surface area (Å²) in [6.07, 6.45) is 1.97. The van der Waals surface area contributed by atoms with Crippen molar-refractivity contribution in [1.29, 1.82) is 0 Å². The van der Waals surface area contributed by atoms with Crippen molar-refractivity contribution in [3.05, 3.63) is 54.4 Å². The van der Waals surface area contributed by atoms with E-state index in [9.17, 15) is 5.11 Å². The van der Waals surface area contributed by atoms with E-state index in [0.29, 0.717) is 0 Å². The summed E-state index contributed by atoms with van der Waals surface area (Å²) in [6, 6.07) is 13.1. The molecule has 1 N–H and O–H groups in total. The summed E-state index contributed by atoms with van der Waals surface area (Å²) >= 11 is 0. The number of benzene rings is 1. The molecule has 0 unspecified atom stereocenters. The standard InChI is InChI=1S/C14H12N2O/c1-10-14(11-6-2-3-7-12(11)17)15-13-8-4-5-9-16(10)13/h2-9,17H,1H3. The summed E-state index contributed by atoms with van der Waals surface area (Å²) < 4.78 is 2.02. The number of hydrogen-bond acceptors (Lipinski definition) is 2. The number of nitrogens with zero attached hydrogens (tertiary/aromatic N) is 2. The van der Waals surface area contributed by atoms with Crippen LogP contribution in [0.2, 0.25) is 0 Å². The molecule has 2 aromatic heterocycles. The van der Waals surface area contributed by atoms with Crippen LogP contribution in [0.3, 0.4) is 0 Å². The molecule has 3 nitrogen and oxygen atoms in total. The Hall–Kier alpha value is -2.29. The Bertz CT molecular complexity index is 686. The van der Waals surface area contributed by atoms with E-state index in [0.717, 1.165) is 22.6 Å². The highest BCUT2D eigenvalue weighted by Gasteiger charge is 2.12. The maximum atomic E-state index is 9.86. The number of aromatic hydroxyl groups is 1. The van der Waals surface area contributed by atoms with Crippen molar-refractivity contribution in [3.63, 3.8) is 0 Å². The Morgan fingerprint density at radius 1 is 1.06 bits per heavy atom. The second kappa shape index (κ2) is 3.63. The number of hydrogen-bond donors (Lipinski definition) is 1. The first-order chi connectivity index (χ1) is 8.27. The lowest BCUT2D eigenvalue weighted by molar-refractivity contribution is 0.477. The van der Waals surface area contributed by atoms with Gasteiger partial charge in [0.05, 0.1) is 5.69 Å². The molecule has 0 saturated carbocycles. The molecule has 3 heteroatoms. The monoisotopic (exact) mass is 224 g/mol. The van der Waals surface area contributed by atoms with Gasteiger partial charge >= 0.3 is 0 Å². The number of imidazole rings is 1. The Morgan fingerprint density at radius 3 is 2.59 bits per heavy atom. The van der Waals surface area contributed by atoms with Gasteiger partial charge in [-0.15, -0.1) is 0 Å². The third-order valence-corrected chi connectivity index (χ3v) is 2.93. The van der Waals surface area contributed by atoms with Crippen molar-refractivity contribution in [3.8, 4) is 17.0 Å². The van der Waals surface area contributed by atoms with Crippen molar-refractivity contribution in [2.24, 2.45) is 0 Å². The topological polar surface area (TPSA) is 37.5 Å². The van der Waals surface area contributed by atoms with E-state index in [1.807, 2.05) is 53.9 Å². The third-order valence-electron chi connectivity index (χ3n) is 2.93. The molecule has 3 rings (SSSR count). The number of aryl methyl sites for hydroxylation is 1. The SMILES string of the molecule is Cc1c(-c2ccccc2O)nc2ccccn12. The van der Waals surface area contributed by atoms with Crippen LogP contribution in [0, 0.1) is 6.92 Å². The Morgan fingerprint density at radius 2 is 1.82 bits per heavy atom. The van der Waals surface area contributed by atoms with Gasteiger partial charge in [-0.2, -0.15) is 0 Å². The zero-order chi connectivity index (χ0) is 11.8. The molecule has 0 aliphatic rings. The highest BCUT2D eigenvalue weighted by atomic mass is 16.3. The quantitative estimate of drug-likeness (QED) is 0.690. The molecule has 0 spiro atoms. The summed E-state index contributed by atoms with van der Waals surface area (Å²) in [4.78, 5) is 4.55. The number of para-hydroxylation sites is 1. The summed E-state index contributed by atoms with van der Waals surface area (Å²) in [7, 11) is 0. The van der Waals surface area contributed by atoms with E-state index in [1.54, 1.807) is 6.07 Å². The summed E-state index contributed by atoms with van der Waals surface area (Å²) in [5, 5.41) is 9.86. The summed E-state index contributed by atoms with van der Waals surface area (Å²) in [6.45, 7) is 2.00. The zero-order valence-electron chi connectivity index (χ0n) is 9.46. The second-order valence-corrected chi connectivity index (χ2v) is 3.99. The fourth-order valence-electron chi connectivity index (χ4n) is 2.05. The lowest BCUT2D eigenvalue weighted by Gasteiger charge is -2.01. The minimum atomic E-state index is 0.263. The number of phenolic OH excluding ortho intramolecular Hbond substituents is 1. The lowest BCUT2D eigenvalue weighted by Crippen LogP contribution is -1.86. The maximum Gasteiger partial charge on any atom is 0.137 e. The smallest absolute Gasteiger partial charge is 0.137 e. The van der Waals surface area contributed by atoms with Gasteiger partial charge in [0.25, 0.3) is 0 Å². The normalized spacial score (nSPS) is 10.9. The van der Waals surface area contributed by atoms with E-state index < -0.39 is 0 Å². The van der Waals surface area contributed by atoms with E-state index in [-0.39, 0.29) is 5.75 Å². The first-order valence-electron chi connectivity index (χ1n) is 5.49. The van der Waals surface area contributed by atoms with Crippen LogP contribution in [0.1, 0.15) is 5.69 Å². The van der Waals surface area contributed by atoms with Crippen molar-refractivity contribution in [2.45, 2.75) is 6.92 Å². The van der Waals surface area contributed by atoms with Crippen molar-refractivity contribution in [2.75, 3.05) is 0 Å². The molecule has 0 radical (unpaired) electrons. The first-order valence-corrected chi connectivity index (χ1v) is 5.49. The minimum absolute atomic E-state index is 0.263. The molecule has 0 amide bonds. The van der Waals surface area contributed by atoms with Gasteiger partial charge in [0.2, 0.25) is 0 Å². The van der Waals surface area contributed by atoms with Gasteiger partial charge in [0.15, 0.2) is 0 Å². The van der Waals surface area contributed by atoms with Gasteiger partial charge in [-0.05, 0) is 31.2 Å². The second-order valence-electron chi connectivity index (χ2n) is 3.99. The highest BCUT2D eigenvalue weighted by molar-refractivity contribution is 5.71. The Labute approximate surface area is 99.0 Å². The number of rotatable bonds is 1. The predicted octanol–water partition coefficient (Wildman–Crippen LogP) is 3.02. The minimum Gasteiger partial charge on any atom is -0.507 e. The summed E-state index contributed by atoms with van der Waals surface area (Å²) in [5.41, 5.74) is 3.52. The van der Waals surface area contributed by atoms with Crippen molar-refractivity contribution in [1.82, 2.24) is 9.38 Å². The molecule has 0 aliphatic heterocycles. The number of fused-ring (bicyclic) bond motifs is 1. The average molecular weight is 224 g/mol. The molecule has 0 atom stereocenters. The molecule has 0 saturated heterocycles. The molecule has 17 heavy (non-hydrogen) atoms. The van der Waals surface area contributed by atoms with E-state index in [2.05, 4.69) is 4.98 Å². The molecule has 2 heterocycles. The predicted molar refractivity (Wildman–Crippen MR) is 67.0 cm³/mol. The van der Waals surface area contributed by atoms with Crippen molar-refractivity contribution >= 4 is 5.65 Å². The third kappa shape index (κ3) is 1.47.